The summed E-state index contributed by atoms with van der Waals surface area (Å²) in [7, 11) is 0. The number of aryl methyl sites for hydroxylation is 1. The second-order valence-corrected chi connectivity index (χ2v) is 6.09. The Hall–Kier alpha value is -4.14. The highest BCUT2D eigenvalue weighted by Gasteiger charge is 2.11. The zero-order valence-corrected chi connectivity index (χ0v) is 14.9. The predicted octanol–water partition coefficient (Wildman–Crippen LogP) is 3.48. The summed E-state index contributed by atoms with van der Waals surface area (Å²) >= 11 is 0. The first-order chi connectivity index (χ1) is 13.6. The lowest BCUT2D eigenvalue weighted by molar-refractivity contribution is -0.385. The Bertz CT molecular complexity index is 1190. The number of nitro groups is 1. The van der Waals surface area contributed by atoms with Crippen LogP contribution in [0.5, 0.6) is 0 Å². The van der Waals surface area contributed by atoms with Gasteiger partial charge in [0.05, 0.1) is 16.8 Å². The number of hydrogen-bond donors (Lipinski definition) is 1. The quantitative estimate of drug-likeness (QED) is 0.326. The van der Waals surface area contributed by atoms with Gasteiger partial charge in [-0.05, 0) is 28.8 Å². The summed E-state index contributed by atoms with van der Waals surface area (Å²) in [5.41, 5.74) is 4.84. The molecule has 0 radical (unpaired) electrons. The van der Waals surface area contributed by atoms with Gasteiger partial charge in [-0.1, -0.05) is 53.6 Å². The molecule has 0 aliphatic rings. The average molecular weight is 373 g/mol. The van der Waals surface area contributed by atoms with Crippen molar-refractivity contribution in [2.24, 2.45) is 5.10 Å². The lowest BCUT2D eigenvalue weighted by atomic mass is 10.1. The Labute approximate surface area is 159 Å². The zero-order chi connectivity index (χ0) is 19.5. The van der Waals surface area contributed by atoms with Gasteiger partial charge in [-0.15, -0.1) is 0 Å². The Morgan fingerprint density at radius 1 is 1.14 bits per heavy atom. The van der Waals surface area contributed by atoms with Crippen molar-refractivity contribution in [1.82, 2.24) is 20.2 Å². The molecule has 0 saturated carbocycles. The Kier molecular flexibility index (Phi) is 4.47. The third-order valence-corrected chi connectivity index (χ3v) is 4.27. The molecule has 9 nitrogen and oxygen atoms in total. The molecular formula is C19H15N7O2. The van der Waals surface area contributed by atoms with Crippen LogP contribution in [-0.2, 0) is 0 Å². The number of rotatable bonds is 5. The van der Waals surface area contributed by atoms with Crippen LogP contribution in [0, 0.1) is 17.0 Å². The maximum Gasteiger partial charge on any atom is 0.272 e. The largest absolute Gasteiger partial charge is 0.272 e. The average Bonchev–Trinajstić information content (AvgIpc) is 3.17. The summed E-state index contributed by atoms with van der Waals surface area (Å²) in [4.78, 5) is 10.6. The van der Waals surface area contributed by atoms with Crippen LogP contribution in [-0.4, -0.2) is 31.3 Å². The van der Waals surface area contributed by atoms with E-state index in [2.05, 4.69) is 26.1 Å². The van der Waals surface area contributed by atoms with E-state index in [1.165, 1.54) is 12.3 Å². The highest BCUT2D eigenvalue weighted by molar-refractivity contribution is 5.90. The Morgan fingerprint density at radius 2 is 1.96 bits per heavy atom. The number of aromatic nitrogens is 4. The number of nitro benzene ring substituents is 1. The molecule has 1 heterocycles. The van der Waals surface area contributed by atoms with Crippen LogP contribution in [0.15, 0.2) is 65.8 Å². The van der Waals surface area contributed by atoms with Gasteiger partial charge in [0.1, 0.15) is 0 Å². The molecule has 28 heavy (non-hydrogen) atoms. The number of anilines is 1. The molecule has 1 aromatic heterocycles. The maximum atomic E-state index is 11.1. The number of hydrazone groups is 1. The zero-order valence-electron chi connectivity index (χ0n) is 14.9. The smallest absolute Gasteiger partial charge is 0.258 e. The molecule has 0 saturated heterocycles. The summed E-state index contributed by atoms with van der Waals surface area (Å²) in [6.07, 6.45) is 1.48. The van der Waals surface area contributed by atoms with Gasteiger partial charge in [0.15, 0.2) is 0 Å². The second-order valence-electron chi connectivity index (χ2n) is 6.09. The predicted molar refractivity (Wildman–Crippen MR) is 106 cm³/mol. The monoisotopic (exact) mass is 373 g/mol. The van der Waals surface area contributed by atoms with Crippen molar-refractivity contribution in [1.29, 1.82) is 0 Å². The molecule has 138 valence electrons. The minimum absolute atomic E-state index is 0.0459. The van der Waals surface area contributed by atoms with E-state index in [4.69, 9.17) is 0 Å². The topological polar surface area (TPSA) is 111 Å². The number of hydrogen-bond acceptors (Lipinski definition) is 7. The van der Waals surface area contributed by atoms with Crippen LogP contribution >= 0.6 is 0 Å². The molecule has 0 spiro atoms. The third kappa shape index (κ3) is 3.28. The Morgan fingerprint density at radius 3 is 2.82 bits per heavy atom. The normalized spacial score (nSPS) is 11.2. The van der Waals surface area contributed by atoms with E-state index in [-0.39, 0.29) is 5.69 Å². The van der Waals surface area contributed by atoms with Crippen molar-refractivity contribution >= 4 is 28.6 Å². The molecule has 0 aliphatic carbocycles. The molecule has 0 bridgehead atoms. The number of nitrogens with one attached hydrogen (secondary N) is 1. The minimum atomic E-state index is -0.416. The van der Waals surface area contributed by atoms with Crippen LogP contribution in [0.1, 0.15) is 11.1 Å². The van der Waals surface area contributed by atoms with Crippen LogP contribution in [0.4, 0.5) is 11.6 Å². The minimum Gasteiger partial charge on any atom is -0.258 e. The molecule has 1 N–H and O–H groups in total. The highest BCUT2D eigenvalue weighted by Crippen LogP contribution is 2.23. The number of fused-ring (bicyclic) bond motifs is 1. The van der Waals surface area contributed by atoms with Gasteiger partial charge in [0, 0.05) is 22.6 Å². The molecule has 0 atom stereocenters. The van der Waals surface area contributed by atoms with Crippen LogP contribution in [0.3, 0.4) is 0 Å². The highest BCUT2D eigenvalue weighted by atomic mass is 16.6. The summed E-state index contributed by atoms with van der Waals surface area (Å²) in [6.45, 7) is 1.69. The molecule has 3 aromatic carbocycles. The van der Waals surface area contributed by atoms with Crippen LogP contribution in [0.25, 0.3) is 16.5 Å². The fraction of sp³-hybridized carbons (Fsp3) is 0.0526. The molecule has 0 amide bonds. The van der Waals surface area contributed by atoms with Gasteiger partial charge >= 0.3 is 0 Å². The van der Waals surface area contributed by atoms with E-state index in [9.17, 15) is 10.1 Å². The van der Waals surface area contributed by atoms with Gasteiger partial charge in [-0.2, -0.15) is 9.78 Å². The molecule has 0 fully saturated rings. The summed E-state index contributed by atoms with van der Waals surface area (Å²) in [6, 6.07) is 18.7. The maximum absolute atomic E-state index is 11.1. The standard InChI is InChI=1S/C19H15N7O2/c1-13-9-10-14(11-18(13)26(27)28)12-20-21-19-22-23-24-25(19)17-8-4-6-15-5-2-3-7-16(15)17/h2-12H,1H3,(H,21,22,24). The molecule has 0 aliphatic heterocycles. The summed E-state index contributed by atoms with van der Waals surface area (Å²) in [5, 5.41) is 29.0. The SMILES string of the molecule is Cc1ccc(C=NNc2nnnn2-c2cccc3ccccc23)cc1[N+](=O)[O-]. The van der Waals surface area contributed by atoms with Crippen molar-refractivity contribution in [2.75, 3.05) is 5.43 Å². The van der Waals surface area contributed by atoms with Gasteiger partial charge in [-0.3, -0.25) is 10.1 Å². The first kappa shape index (κ1) is 17.3. The van der Waals surface area contributed by atoms with Gasteiger partial charge < -0.3 is 0 Å². The van der Waals surface area contributed by atoms with Crippen molar-refractivity contribution in [2.45, 2.75) is 6.92 Å². The summed E-state index contributed by atoms with van der Waals surface area (Å²) < 4.78 is 1.55. The second kappa shape index (κ2) is 7.23. The molecule has 4 rings (SSSR count). The van der Waals surface area contributed by atoms with Crippen molar-refractivity contribution in [3.05, 3.63) is 81.9 Å². The number of tetrazole rings is 1. The molecular weight excluding hydrogens is 358 g/mol. The molecule has 9 heteroatoms. The van der Waals surface area contributed by atoms with E-state index >= 15 is 0 Å². The van der Waals surface area contributed by atoms with Gasteiger partial charge in [0.2, 0.25) is 0 Å². The van der Waals surface area contributed by atoms with E-state index in [0.29, 0.717) is 17.1 Å². The first-order valence-corrected chi connectivity index (χ1v) is 8.44. The number of nitrogens with zero attached hydrogens (tertiary/aromatic N) is 6. The first-order valence-electron chi connectivity index (χ1n) is 8.44. The van der Waals surface area contributed by atoms with E-state index in [1.54, 1.807) is 23.7 Å². The Balaban J connectivity index is 1.61. The van der Waals surface area contributed by atoms with Gasteiger partial charge in [-0.25, -0.2) is 5.43 Å². The third-order valence-electron chi connectivity index (χ3n) is 4.27. The molecule has 0 unspecified atom stereocenters. The van der Waals surface area contributed by atoms with E-state index < -0.39 is 4.92 Å². The number of benzene rings is 3. The lowest BCUT2D eigenvalue weighted by Gasteiger charge is -2.07. The fourth-order valence-electron chi connectivity index (χ4n) is 2.88. The van der Waals surface area contributed by atoms with Crippen molar-refractivity contribution in [3.63, 3.8) is 0 Å². The van der Waals surface area contributed by atoms with Crippen molar-refractivity contribution in [3.8, 4) is 5.69 Å². The van der Waals surface area contributed by atoms with Crippen LogP contribution in [0.2, 0.25) is 0 Å². The molecule has 4 aromatic rings. The van der Waals surface area contributed by atoms with Crippen LogP contribution < -0.4 is 5.43 Å². The van der Waals surface area contributed by atoms with E-state index in [1.807, 2.05) is 42.5 Å². The van der Waals surface area contributed by atoms with Gasteiger partial charge in [0.25, 0.3) is 11.6 Å². The lowest BCUT2D eigenvalue weighted by Crippen LogP contribution is -2.04. The van der Waals surface area contributed by atoms with Crippen molar-refractivity contribution < 1.29 is 4.92 Å². The van der Waals surface area contributed by atoms with E-state index in [0.717, 1.165) is 16.5 Å². The fourth-order valence-corrected chi connectivity index (χ4v) is 2.88. The summed E-state index contributed by atoms with van der Waals surface area (Å²) in [5.74, 6) is 0.328.